The number of nitrogens with zero attached hydrogens (tertiary/aromatic N) is 1. The van der Waals surface area contributed by atoms with Crippen LogP contribution in [-0.4, -0.2) is 18.3 Å². The van der Waals surface area contributed by atoms with E-state index in [4.69, 9.17) is 9.72 Å². The lowest BCUT2D eigenvalue weighted by Crippen LogP contribution is -1.99. The molecule has 0 N–H and O–H groups in total. The number of hydrogen-bond acceptors (Lipinski definition) is 3. The number of benzene rings is 1. The molecule has 0 atom stereocenters. The van der Waals surface area contributed by atoms with Gasteiger partial charge >= 0.3 is 0 Å². The van der Waals surface area contributed by atoms with Crippen LogP contribution in [0, 0.1) is 12.8 Å². The van der Waals surface area contributed by atoms with E-state index in [9.17, 15) is 0 Å². The van der Waals surface area contributed by atoms with Gasteiger partial charge in [0.25, 0.3) is 0 Å². The molecule has 1 aliphatic carbocycles. The van der Waals surface area contributed by atoms with E-state index in [0.29, 0.717) is 11.8 Å². The van der Waals surface area contributed by atoms with Crippen molar-refractivity contribution in [1.29, 1.82) is 0 Å². The molecule has 1 aromatic carbocycles. The third-order valence-electron chi connectivity index (χ3n) is 4.72. The first-order chi connectivity index (χ1) is 11.7. The molecular formula is C21H25NOS. The van der Waals surface area contributed by atoms with Gasteiger partial charge in [0.05, 0.1) is 12.8 Å². The minimum absolute atomic E-state index is 0.661. The summed E-state index contributed by atoms with van der Waals surface area (Å²) in [5.74, 6) is 1.37. The number of aromatic nitrogens is 1. The second-order valence-electron chi connectivity index (χ2n) is 6.38. The molecule has 24 heavy (non-hydrogen) atoms. The first-order valence-corrected chi connectivity index (χ1v) is 9.82. The van der Waals surface area contributed by atoms with Gasteiger partial charge in [-0.05, 0) is 55.7 Å². The maximum absolute atomic E-state index is 5.44. The predicted octanol–water partition coefficient (Wildman–Crippen LogP) is 5.74. The van der Waals surface area contributed by atoms with Crippen LogP contribution in [-0.2, 0) is 0 Å². The topological polar surface area (TPSA) is 22.1 Å². The molecule has 2 nitrogen and oxygen atoms in total. The SMILES string of the molecule is COc1nc(/C(=C/C2CCCC2)c2ccc(SC)cc2)ccc1C. The average molecular weight is 340 g/mol. The van der Waals surface area contributed by atoms with Gasteiger partial charge in [-0.1, -0.05) is 37.1 Å². The molecule has 0 unspecified atom stereocenters. The van der Waals surface area contributed by atoms with E-state index in [1.54, 1.807) is 18.9 Å². The minimum atomic E-state index is 0.661. The lowest BCUT2D eigenvalue weighted by atomic mass is 9.96. The smallest absolute Gasteiger partial charge is 0.216 e. The van der Waals surface area contributed by atoms with Crippen molar-refractivity contribution in [2.45, 2.75) is 37.5 Å². The van der Waals surface area contributed by atoms with Crippen molar-refractivity contribution in [1.82, 2.24) is 4.98 Å². The summed E-state index contributed by atoms with van der Waals surface area (Å²) >= 11 is 1.77. The van der Waals surface area contributed by atoms with E-state index >= 15 is 0 Å². The fourth-order valence-corrected chi connectivity index (χ4v) is 3.73. The van der Waals surface area contributed by atoms with Crippen LogP contribution in [0.1, 0.15) is 42.5 Å². The van der Waals surface area contributed by atoms with E-state index < -0.39 is 0 Å². The van der Waals surface area contributed by atoms with Crippen LogP contribution in [0.4, 0.5) is 0 Å². The third-order valence-corrected chi connectivity index (χ3v) is 5.47. The highest BCUT2D eigenvalue weighted by Gasteiger charge is 2.16. The maximum Gasteiger partial charge on any atom is 0.216 e. The summed E-state index contributed by atoms with van der Waals surface area (Å²) < 4.78 is 5.44. The normalized spacial score (nSPS) is 15.7. The first-order valence-electron chi connectivity index (χ1n) is 8.59. The van der Waals surface area contributed by atoms with Gasteiger partial charge in [0.1, 0.15) is 0 Å². The molecular weight excluding hydrogens is 314 g/mol. The van der Waals surface area contributed by atoms with Gasteiger partial charge in [0.15, 0.2) is 0 Å². The Morgan fingerprint density at radius 3 is 2.46 bits per heavy atom. The molecule has 1 saturated carbocycles. The Morgan fingerprint density at radius 1 is 1.12 bits per heavy atom. The Bertz CT molecular complexity index is 715. The average Bonchev–Trinajstić information content (AvgIpc) is 3.14. The molecule has 3 heteroatoms. The Labute approximate surface area is 149 Å². The number of aryl methyl sites for hydroxylation is 1. The van der Waals surface area contributed by atoms with Gasteiger partial charge in [-0.15, -0.1) is 11.8 Å². The highest BCUT2D eigenvalue weighted by Crippen LogP contribution is 2.33. The summed E-state index contributed by atoms with van der Waals surface area (Å²) in [6.45, 7) is 2.03. The van der Waals surface area contributed by atoms with Gasteiger partial charge in [-0.25, -0.2) is 4.98 Å². The van der Waals surface area contributed by atoms with Crippen molar-refractivity contribution in [3.63, 3.8) is 0 Å². The highest BCUT2D eigenvalue weighted by atomic mass is 32.2. The lowest BCUT2D eigenvalue weighted by molar-refractivity contribution is 0.394. The Kier molecular flexibility index (Phi) is 5.62. The van der Waals surface area contributed by atoms with Crippen LogP contribution in [0.15, 0.2) is 47.4 Å². The van der Waals surface area contributed by atoms with Crippen LogP contribution in [0.2, 0.25) is 0 Å². The number of hydrogen-bond donors (Lipinski definition) is 0. The Hall–Kier alpha value is -1.74. The van der Waals surface area contributed by atoms with Crippen LogP contribution in [0.5, 0.6) is 5.88 Å². The zero-order valence-electron chi connectivity index (χ0n) is 14.7. The molecule has 0 bridgehead atoms. The van der Waals surface area contributed by atoms with E-state index in [0.717, 1.165) is 11.3 Å². The van der Waals surface area contributed by atoms with E-state index in [2.05, 4.69) is 48.7 Å². The van der Waals surface area contributed by atoms with Crippen molar-refractivity contribution in [2.75, 3.05) is 13.4 Å². The number of allylic oxidation sites excluding steroid dienone is 1. The summed E-state index contributed by atoms with van der Waals surface area (Å²) in [5.41, 5.74) is 4.53. The van der Waals surface area contributed by atoms with Crippen LogP contribution in [0.3, 0.4) is 0 Å². The van der Waals surface area contributed by atoms with Gasteiger partial charge in [-0.3, -0.25) is 0 Å². The zero-order valence-corrected chi connectivity index (χ0v) is 15.5. The quantitative estimate of drug-likeness (QED) is 0.648. The number of methoxy groups -OCH3 is 1. The summed E-state index contributed by atoms with van der Waals surface area (Å²) in [7, 11) is 1.69. The Balaban J connectivity index is 2.03. The minimum Gasteiger partial charge on any atom is -0.481 e. The molecule has 0 saturated heterocycles. The Morgan fingerprint density at radius 2 is 1.83 bits per heavy atom. The fraction of sp³-hybridized carbons (Fsp3) is 0.381. The van der Waals surface area contributed by atoms with E-state index in [1.807, 2.05) is 6.92 Å². The number of rotatable bonds is 5. The van der Waals surface area contributed by atoms with Crippen LogP contribution < -0.4 is 4.74 Å². The van der Waals surface area contributed by atoms with Gasteiger partial charge in [-0.2, -0.15) is 0 Å². The monoisotopic (exact) mass is 339 g/mol. The molecule has 1 aliphatic rings. The lowest BCUT2D eigenvalue weighted by Gasteiger charge is -2.13. The number of ether oxygens (including phenoxy) is 1. The zero-order chi connectivity index (χ0) is 16.9. The summed E-state index contributed by atoms with van der Waals surface area (Å²) in [6, 6.07) is 13.0. The number of pyridine rings is 1. The molecule has 1 aromatic heterocycles. The van der Waals surface area contributed by atoms with Crippen molar-refractivity contribution in [3.8, 4) is 5.88 Å². The third kappa shape index (κ3) is 3.84. The maximum atomic E-state index is 5.44. The van der Waals surface area contributed by atoms with Crippen molar-refractivity contribution in [2.24, 2.45) is 5.92 Å². The molecule has 2 aromatic rings. The predicted molar refractivity (Wildman–Crippen MR) is 103 cm³/mol. The second kappa shape index (κ2) is 7.89. The van der Waals surface area contributed by atoms with Crippen molar-refractivity contribution < 1.29 is 4.74 Å². The standard InChI is InChI=1S/C21H25NOS/c1-15-8-13-20(22-21(15)23-2)19(14-16-6-4-5-7-16)17-9-11-18(24-3)12-10-17/h8-14,16H,4-7H2,1-3H3/b19-14+. The van der Waals surface area contributed by atoms with Crippen molar-refractivity contribution >= 4 is 17.3 Å². The highest BCUT2D eigenvalue weighted by molar-refractivity contribution is 7.98. The second-order valence-corrected chi connectivity index (χ2v) is 7.26. The largest absolute Gasteiger partial charge is 0.481 e. The molecule has 0 spiro atoms. The van der Waals surface area contributed by atoms with Gasteiger partial charge < -0.3 is 4.74 Å². The molecule has 0 radical (unpaired) electrons. The first kappa shape index (κ1) is 17.1. The number of thioether (sulfide) groups is 1. The molecule has 1 fully saturated rings. The molecule has 126 valence electrons. The van der Waals surface area contributed by atoms with E-state index in [1.165, 1.54) is 41.7 Å². The summed E-state index contributed by atoms with van der Waals surface area (Å²) in [6.07, 6.45) is 9.79. The van der Waals surface area contributed by atoms with Crippen LogP contribution in [0.25, 0.3) is 5.57 Å². The summed E-state index contributed by atoms with van der Waals surface area (Å²) in [4.78, 5) is 6.04. The molecule has 3 rings (SSSR count). The fourth-order valence-electron chi connectivity index (χ4n) is 3.33. The van der Waals surface area contributed by atoms with Crippen molar-refractivity contribution in [3.05, 3.63) is 59.3 Å². The molecule has 0 amide bonds. The van der Waals surface area contributed by atoms with Gasteiger partial charge in [0, 0.05) is 16.0 Å². The molecule has 1 heterocycles. The molecule has 0 aliphatic heterocycles. The van der Waals surface area contributed by atoms with Gasteiger partial charge in [0.2, 0.25) is 5.88 Å². The summed E-state index contributed by atoms with van der Waals surface area (Å²) in [5, 5.41) is 0. The van der Waals surface area contributed by atoms with E-state index in [-0.39, 0.29) is 0 Å². The van der Waals surface area contributed by atoms with Crippen LogP contribution >= 0.6 is 11.8 Å².